The molecule has 0 aliphatic carbocycles. The van der Waals surface area contributed by atoms with E-state index in [9.17, 15) is 0 Å². The van der Waals surface area contributed by atoms with Crippen LogP contribution < -0.4 is 5.73 Å². The van der Waals surface area contributed by atoms with Gasteiger partial charge in [-0.1, -0.05) is 25.5 Å². The number of anilines is 1. The van der Waals surface area contributed by atoms with E-state index >= 15 is 0 Å². The van der Waals surface area contributed by atoms with Crippen molar-refractivity contribution in [2.45, 2.75) is 26.3 Å². The number of benzene rings is 1. The average molecular weight is 188 g/mol. The minimum absolute atomic E-state index is 0.878. The SMILES string of the molecule is CCCCn1ccc2cccc(N)c21. The zero-order chi connectivity index (χ0) is 9.97. The molecule has 14 heavy (non-hydrogen) atoms. The Labute approximate surface area is 84.3 Å². The van der Waals surface area contributed by atoms with Crippen LogP contribution in [0.4, 0.5) is 5.69 Å². The second-order valence-corrected chi connectivity index (χ2v) is 3.65. The number of rotatable bonds is 3. The zero-order valence-electron chi connectivity index (χ0n) is 8.53. The predicted molar refractivity (Wildman–Crippen MR) is 61.3 cm³/mol. The van der Waals surface area contributed by atoms with E-state index in [0.717, 1.165) is 12.2 Å². The topological polar surface area (TPSA) is 30.9 Å². The lowest BCUT2D eigenvalue weighted by Crippen LogP contribution is -1.98. The maximum atomic E-state index is 5.95. The molecule has 0 aliphatic rings. The number of aromatic nitrogens is 1. The van der Waals surface area contributed by atoms with Gasteiger partial charge in [-0.05, 0) is 18.6 Å². The number of unbranched alkanes of at least 4 members (excludes halogenated alkanes) is 1. The van der Waals surface area contributed by atoms with Crippen LogP contribution in [0.1, 0.15) is 19.8 Å². The van der Waals surface area contributed by atoms with E-state index in [1.807, 2.05) is 12.1 Å². The summed E-state index contributed by atoms with van der Waals surface area (Å²) >= 11 is 0. The Balaban J connectivity index is 2.45. The standard InChI is InChI=1S/C12H16N2/c1-2-3-8-14-9-7-10-5-4-6-11(13)12(10)14/h4-7,9H,2-3,8,13H2,1H3. The Morgan fingerprint density at radius 3 is 2.93 bits per heavy atom. The maximum absolute atomic E-state index is 5.95. The highest BCUT2D eigenvalue weighted by Crippen LogP contribution is 2.22. The summed E-state index contributed by atoms with van der Waals surface area (Å²) in [6, 6.07) is 8.20. The largest absolute Gasteiger partial charge is 0.397 e. The van der Waals surface area contributed by atoms with Crippen LogP contribution in [0.15, 0.2) is 30.5 Å². The fourth-order valence-corrected chi connectivity index (χ4v) is 1.81. The summed E-state index contributed by atoms with van der Waals surface area (Å²) in [7, 11) is 0. The Hall–Kier alpha value is -1.44. The van der Waals surface area contributed by atoms with Gasteiger partial charge in [0.25, 0.3) is 0 Å². The molecular formula is C12H16N2. The number of nitrogens with two attached hydrogens (primary N) is 1. The molecule has 0 bridgehead atoms. The van der Waals surface area contributed by atoms with Gasteiger partial charge in [-0.2, -0.15) is 0 Å². The zero-order valence-corrected chi connectivity index (χ0v) is 8.53. The van der Waals surface area contributed by atoms with Crippen LogP contribution in [0.2, 0.25) is 0 Å². The number of hydrogen-bond acceptors (Lipinski definition) is 1. The summed E-state index contributed by atoms with van der Waals surface area (Å²) in [5, 5.41) is 1.24. The molecule has 0 radical (unpaired) electrons. The van der Waals surface area contributed by atoms with Crippen molar-refractivity contribution in [1.29, 1.82) is 0 Å². The summed E-state index contributed by atoms with van der Waals surface area (Å²) in [5.74, 6) is 0. The van der Waals surface area contributed by atoms with E-state index in [-0.39, 0.29) is 0 Å². The number of nitrogens with zero attached hydrogens (tertiary/aromatic N) is 1. The van der Waals surface area contributed by atoms with Gasteiger partial charge < -0.3 is 10.3 Å². The third-order valence-electron chi connectivity index (χ3n) is 2.57. The summed E-state index contributed by atoms with van der Waals surface area (Å²) in [5.41, 5.74) is 8.01. The number of nitrogen functional groups attached to an aromatic ring is 1. The molecule has 2 rings (SSSR count). The summed E-state index contributed by atoms with van der Waals surface area (Å²) < 4.78 is 2.24. The van der Waals surface area contributed by atoms with Crippen LogP contribution in [0.3, 0.4) is 0 Å². The lowest BCUT2D eigenvalue weighted by atomic mass is 10.2. The molecule has 0 fully saturated rings. The van der Waals surface area contributed by atoms with Crippen molar-refractivity contribution in [3.8, 4) is 0 Å². The van der Waals surface area contributed by atoms with Gasteiger partial charge in [0.2, 0.25) is 0 Å². The van der Waals surface area contributed by atoms with Gasteiger partial charge in [0.05, 0.1) is 11.2 Å². The maximum Gasteiger partial charge on any atom is 0.0713 e. The highest BCUT2D eigenvalue weighted by molar-refractivity contribution is 5.90. The Morgan fingerprint density at radius 2 is 2.14 bits per heavy atom. The Kier molecular flexibility index (Phi) is 2.44. The normalized spacial score (nSPS) is 10.9. The number of para-hydroxylation sites is 1. The lowest BCUT2D eigenvalue weighted by Gasteiger charge is -2.05. The molecule has 2 nitrogen and oxygen atoms in total. The van der Waals surface area contributed by atoms with Gasteiger partial charge >= 0.3 is 0 Å². The third-order valence-corrected chi connectivity index (χ3v) is 2.57. The average Bonchev–Trinajstić information content (AvgIpc) is 2.59. The molecule has 0 spiro atoms. The minimum atomic E-state index is 0.878. The molecule has 2 heteroatoms. The molecule has 1 aromatic carbocycles. The van der Waals surface area contributed by atoms with Gasteiger partial charge in [-0.25, -0.2) is 0 Å². The quantitative estimate of drug-likeness (QED) is 0.737. The first-order valence-electron chi connectivity index (χ1n) is 5.16. The van der Waals surface area contributed by atoms with Crippen molar-refractivity contribution < 1.29 is 0 Å². The summed E-state index contributed by atoms with van der Waals surface area (Å²) in [4.78, 5) is 0. The second-order valence-electron chi connectivity index (χ2n) is 3.65. The van der Waals surface area contributed by atoms with Crippen molar-refractivity contribution >= 4 is 16.6 Å². The number of fused-ring (bicyclic) bond motifs is 1. The lowest BCUT2D eigenvalue weighted by molar-refractivity contribution is 0.650. The smallest absolute Gasteiger partial charge is 0.0713 e. The van der Waals surface area contributed by atoms with Crippen molar-refractivity contribution in [1.82, 2.24) is 4.57 Å². The molecule has 0 aliphatic heterocycles. The minimum Gasteiger partial charge on any atom is -0.397 e. The highest BCUT2D eigenvalue weighted by Gasteiger charge is 2.02. The fraction of sp³-hybridized carbons (Fsp3) is 0.333. The van der Waals surface area contributed by atoms with Gasteiger partial charge in [-0.3, -0.25) is 0 Å². The Morgan fingerprint density at radius 1 is 1.29 bits per heavy atom. The van der Waals surface area contributed by atoms with Gasteiger partial charge in [0, 0.05) is 18.1 Å². The highest BCUT2D eigenvalue weighted by atomic mass is 15.0. The summed E-state index contributed by atoms with van der Waals surface area (Å²) in [6.07, 6.45) is 4.54. The molecule has 0 amide bonds. The first-order valence-corrected chi connectivity index (χ1v) is 5.16. The molecule has 0 atom stereocenters. The predicted octanol–water partition coefficient (Wildman–Crippen LogP) is 3.02. The molecule has 1 heterocycles. The number of aryl methyl sites for hydroxylation is 1. The molecule has 2 N–H and O–H groups in total. The number of hydrogen-bond donors (Lipinski definition) is 1. The third kappa shape index (κ3) is 1.48. The van der Waals surface area contributed by atoms with Gasteiger partial charge in [0.1, 0.15) is 0 Å². The van der Waals surface area contributed by atoms with Crippen LogP contribution in [0, 0.1) is 0 Å². The van der Waals surface area contributed by atoms with Gasteiger partial charge in [0.15, 0.2) is 0 Å². The van der Waals surface area contributed by atoms with Gasteiger partial charge in [-0.15, -0.1) is 0 Å². The fourth-order valence-electron chi connectivity index (χ4n) is 1.81. The van der Waals surface area contributed by atoms with Crippen LogP contribution >= 0.6 is 0 Å². The van der Waals surface area contributed by atoms with E-state index in [1.54, 1.807) is 0 Å². The Bertz CT molecular complexity index is 429. The monoisotopic (exact) mass is 188 g/mol. The first kappa shape index (κ1) is 9.13. The van der Waals surface area contributed by atoms with E-state index in [2.05, 4.69) is 29.8 Å². The van der Waals surface area contributed by atoms with E-state index < -0.39 is 0 Å². The van der Waals surface area contributed by atoms with Crippen molar-refractivity contribution in [2.24, 2.45) is 0 Å². The van der Waals surface area contributed by atoms with Crippen LogP contribution in [0.5, 0.6) is 0 Å². The molecular weight excluding hydrogens is 172 g/mol. The molecule has 1 aromatic heterocycles. The van der Waals surface area contributed by atoms with Crippen LogP contribution in [-0.2, 0) is 6.54 Å². The first-order chi connectivity index (χ1) is 6.83. The van der Waals surface area contributed by atoms with E-state index in [1.165, 1.54) is 23.7 Å². The van der Waals surface area contributed by atoms with Crippen molar-refractivity contribution in [3.63, 3.8) is 0 Å². The van der Waals surface area contributed by atoms with E-state index in [4.69, 9.17) is 5.73 Å². The van der Waals surface area contributed by atoms with Crippen LogP contribution in [0.25, 0.3) is 10.9 Å². The molecule has 0 saturated carbocycles. The summed E-state index contributed by atoms with van der Waals surface area (Å²) in [6.45, 7) is 3.27. The molecule has 0 unspecified atom stereocenters. The van der Waals surface area contributed by atoms with Crippen molar-refractivity contribution in [3.05, 3.63) is 30.5 Å². The molecule has 2 aromatic rings. The van der Waals surface area contributed by atoms with Crippen molar-refractivity contribution in [2.75, 3.05) is 5.73 Å². The van der Waals surface area contributed by atoms with Crippen LogP contribution in [-0.4, -0.2) is 4.57 Å². The molecule has 74 valence electrons. The molecule has 0 saturated heterocycles. The van der Waals surface area contributed by atoms with E-state index in [0.29, 0.717) is 0 Å². The second kappa shape index (κ2) is 3.74.